The Bertz CT molecular complexity index is 1420. The van der Waals surface area contributed by atoms with Crippen LogP contribution in [0.25, 0.3) is 22.3 Å². The van der Waals surface area contributed by atoms with Crippen molar-refractivity contribution in [1.29, 1.82) is 0 Å². The number of rotatable bonds is 6. The van der Waals surface area contributed by atoms with Gasteiger partial charge in [0.1, 0.15) is 5.75 Å². The maximum Gasteiger partial charge on any atom is 0.416 e. The molecule has 0 fully saturated rings. The van der Waals surface area contributed by atoms with Crippen molar-refractivity contribution in [3.05, 3.63) is 126 Å². The summed E-state index contributed by atoms with van der Waals surface area (Å²) in [4.78, 5) is 24.1. The summed E-state index contributed by atoms with van der Waals surface area (Å²) in [5.74, 6) is -0.425. The van der Waals surface area contributed by atoms with Gasteiger partial charge in [0.25, 0.3) is 0 Å². The number of hydrogen-bond donors (Lipinski definition) is 0. The van der Waals surface area contributed by atoms with Crippen LogP contribution >= 0.6 is 0 Å². The molecule has 0 saturated carbocycles. The zero-order valence-electron chi connectivity index (χ0n) is 19.3. The summed E-state index contributed by atoms with van der Waals surface area (Å²) in [5.41, 5.74) is 4.59. The molecule has 36 heavy (non-hydrogen) atoms. The van der Waals surface area contributed by atoms with Crippen molar-refractivity contribution in [3.8, 4) is 28.0 Å². The minimum Gasteiger partial charge on any atom is -0.423 e. The van der Waals surface area contributed by atoms with E-state index >= 15 is 0 Å². The van der Waals surface area contributed by atoms with Crippen LogP contribution in [0.3, 0.4) is 0 Å². The Kier molecular flexibility index (Phi) is 6.88. The smallest absolute Gasteiger partial charge is 0.416 e. The van der Waals surface area contributed by atoms with E-state index in [-0.39, 0.29) is 5.78 Å². The van der Waals surface area contributed by atoms with Gasteiger partial charge in [-0.25, -0.2) is 4.79 Å². The largest absolute Gasteiger partial charge is 0.423 e. The van der Waals surface area contributed by atoms with Gasteiger partial charge in [0, 0.05) is 17.2 Å². The first kappa shape index (κ1) is 24.7. The second kappa shape index (κ2) is 10.0. The van der Waals surface area contributed by atoms with E-state index in [0.29, 0.717) is 22.4 Å². The third kappa shape index (κ3) is 5.44. The van der Waals surface area contributed by atoms with E-state index in [2.05, 4.69) is 6.58 Å². The first-order valence-corrected chi connectivity index (χ1v) is 11.0. The number of esters is 1. The fourth-order valence-electron chi connectivity index (χ4n) is 3.82. The van der Waals surface area contributed by atoms with E-state index in [9.17, 15) is 22.8 Å². The molecule has 180 valence electrons. The predicted molar refractivity (Wildman–Crippen MR) is 133 cm³/mol. The lowest BCUT2D eigenvalue weighted by molar-refractivity contribution is -0.137. The molecule has 0 saturated heterocycles. The normalized spacial score (nSPS) is 11.1. The zero-order chi connectivity index (χ0) is 25.9. The van der Waals surface area contributed by atoms with Crippen molar-refractivity contribution in [2.45, 2.75) is 13.1 Å². The van der Waals surface area contributed by atoms with Gasteiger partial charge in [-0.3, -0.25) is 4.79 Å². The highest BCUT2D eigenvalue weighted by molar-refractivity contribution is 6.09. The van der Waals surface area contributed by atoms with Gasteiger partial charge in [-0.15, -0.1) is 0 Å². The molecule has 0 radical (unpaired) electrons. The molecule has 0 aliphatic heterocycles. The summed E-state index contributed by atoms with van der Waals surface area (Å²) < 4.78 is 43.6. The molecular formula is C30H21F3O3. The van der Waals surface area contributed by atoms with Crippen molar-refractivity contribution in [2.24, 2.45) is 0 Å². The SMILES string of the molecule is C=CC(=O)Oc1ccc(C(=O)c2ccc(-c3ccc(-c4ccc(C(F)(F)F)cc4)c(C)c3)cc2)cc1. The minimum absolute atomic E-state index is 0.169. The lowest BCUT2D eigenvalue weighted by Gasteiger charge is -2.11. The van der Waals surface area contributed by atoms with E-state index in [1.54, 1.807) is 36.4 Å². The minimum atomic E-state index is -4.37. The highest BCUT2D eigenvalue weighted by atomic mass is 19.4. The molecule has 3 nitrogen and oxygen atoms in total. The summed E-state index contributed by atoms with van der Waals surface area (Å²) in [7, 11) is 0. The Labute approximate surface area is 206 Å². The van der Waals surface area contributed by atoms with E-state index in [0.717, 1.165) is 40.5 Å². The molecule has 4 rings (SSSR count). The summed E-state index contributed by atoms with van der Waals surface area (Å²) in [6.07, 6.45) is -3.31. The number of ether oxygens (including phenoxy) is 1. The average molecular weight is 486 g/mol. The van der Waals surface area contributed by atoms with Gasteiger partial charge in [-0.2, -0.15) is 13.2 Å². The first-order valence-electron chi connectivity index (χ1n) is 11.0. The Morgan fingerprint density at radius 2 is 1.28 bits per heavy atom. The fraction of sp³-hybridized carbons (Fsp3) is 0.0667. The lowest BCUT2D eigenvalue weighted by Crippen LogP contribution is -2.04. The summed E-state index contributed by atoms with van der Waals surface area (Å²) in [5, 5.41) is 0. The van der Waals surface area contributed by atoms with Crippen molar-refractivity contribution < 1.29 is 27.5 Å². The van der Waals surface area contributed by atoms with Crippen LogP contribution in [0, 0.1) is 6.92 Å². The van der Waals surface area contributed by atoms with Crippen molar-refractivity contribution in [1.82, 2.24) is 0 Å². The number of benzene rings is 4. The Hall–Kier alpha value is -4.45. The molecule has 6 heteroatoms. The molecule has 0 unspecified atom stereocenters. The topological polar surface area (TPSA) is 43.4 Å². The second-order valence-corrected chi connectivity index (χ2v) is 8.16. The Balaban J connectivity index is 1.50. The van der Waals surface area contributed by atoms with Gasteiger partial charge >= 0.3 is 12.1 Å². The molecule has 0 amide bonds. The average Bonchev–Trinajstić information content (AvgIpc) is 2.88. The summed E-state index contributed by atoms with van der Waals surface area (Å²) >= 11 is 0. The van der Waals surface area contributed by atoms with Crippen LogP contribution in [0.1, 0.15) is 27.0 Å². The second-order valence-electron chi connectivity index (χ2n) is 8.16. The standard InChI is InChI=1S/C30H21F3O3/c1-3-28(34)36-26-15-10-23(11-16-26)29(35)22-6-4-20(5-7-22)24-12-17-27(19(2)18-24)21-8-13-25(14-9-21)30(31,32)33/h3-18H,1H2,2H3. The molecule has 0 N–H and O–H groups in total. The number of aryl methyl sites for hydroxylation is 1. The molecule has 0 aliphatic carbocycles. The third-order valence-electron chi connectivity index (χ3n) is 5.73. The highest BCUT2D eigenvalue weighted by Crippen LogP contribution is 2.33. The quantitative estimate of drug-likeness (QED) is 0.122. The van der Waals surface area contributed by atoms with Crippen molar-refractivity contribution in [3.63, 3.8) is 0 Å². The van der Waals surface area contributed by atoms with Crippen LogP contribution < -0.4 is 4.74 Å². The molecule has 4 aromatic rings. The van der Waals surface area contributed by atoms with E-state index in [1.165, 1.54) is 12.1 Å². The Morgan fingerprint density at radius 3 is 1.81 bits per heavy atom. The van der Waals surface area contributed by atoms with Gasteiger partial charge in [-0.1, -0.05) is 61.2 Å². The predicted octanol–water partition coefficient (Wildman–Crippen LogP) is 7.67. The molecule has 0 atom stereocenters. The van der Waals surface area contributed by atoms with E-state index in [1.807, 2.05) is 37.3 Å². The number of halogens is 3. The van der Waals surface area contributed by atoms with Crippen LogP contribution in [-0.4, -0.2) is 11.8 Å². The molecule has 0 spiro atoms. The highest BCUT2D eigenvalue weighted by Gasteiger charge is 2.30. The van der Waals surface area contributed by atoms with Crippen LogP contribution in [0.4, 0.5) is 13.2 Å². The monoisotopic (exact) mass is 486 g/mol. The fourth-order valence-corrected chi connectivity index (χ4v) is 3.82. The van der Waals surface area contributed by atoms with Gasteiger partial charge < -0.3 is 4.74 Å². The molecule has 0 heterocycles. The number of hydrogen-bond acceptors (Lipinski definition) is 3. The number of carbonyl (C=O) groups excluding carboxylic acids is 2. The third-order valence-corrected chi connectivity index (χ3v) is 5.73. The van der Waals surface area contributed by atoms with Crippen molar-refractivity contribution >= 4 is 11.8 Å². The van der Waals surface area contributed by atoms with Crippen molar-refractivity contribution in [2.75, 3.05) is 0 Å². The molecule has 0 aliphatic rings. The van der Waals surface area contributed by atoms with Crippen LogP contribution in [0.5, 0.6) is 5.75 Å². The van der Waals surface area contributed by atoms with Gasteiger partial charge in [-0.05, 0) is 71.1 Å². The van der Waals surface area contributed by atoms with E-state index < -0.39 is 17.7 Å². The van der Waals surface area contributed by atoms with E-state index in [4.69, 9.17) is 4.74 Å². The zero-order valence-corrected chi connectivity index (χ0v) is 19.3. The summed E-state index contributed by atoms with van der Waals surface area (Å²) in [6, 6.07) is 24.3. The molecule has 0 bridgehead atoms. The van der Waals surface area contributed by atoms with Gasteiger partial charge in [0.2, 0.25) is 0 Å². The van der Waals surface area contributed by atoms with Gasteiger partial charge in [0.15, 0.2) is 5.78 Å². The number of alkyl halides is 3. The number of carbonyl (C=O) groups is 2. The van der Waals surface area contributed by atoms with Crippen LogP contribution in [0.2, 0.25) is 0 Å². The van der Waals surface area contributed by atoms with Crippen LogP contribution in [0.15, 0.2) is 104 Å². The molecular weight excluding hydrogens is 465 g/mol. The Morgan fingerprint density at radius 1 is 0.750 bits per heavy atom. The first-order chi connectivity index (χ1) is 17.2. The molecule has 0 aromatic heterocycles. The maximum atomic E-state index is 12.8. The summed E-state index contributed by atoms with van der Waals surface area (Å²) in [6.45, 7) is 5.25. The maximum absolute atomic E-state index is 12.8. The lowest BCUT2D eigenvalue weighted by atomic mass is 9.94. The van der Waals surface area contributed by atoms with Gasteiger partial charge in [0.05, 0.1) is 5.56 Å². The number of ketones is 1. The molecule has 4 aromatic carbocycles. The van der Waals surface area contributed by atoms with Crippen LogP contribution in [-0.2, 0) is 11.0 Å².